The zero-order valence-electron chi connectivity index (χ0n) is 9.25. The average Bonchev–Trinajstić information content (AvgIpc) is 2.51. The summed E-state index contributed by atoms with van der Waals surface area (Å²) in [5, 5.41) is 4.08. The van der Waals surface area contributed by atoms with Gasteiger partial charge in [-0.25, -0.2) is 4.68 Å². The molecule has 1 rings (SSSR count). The summed E-state index contributed by atoms with van der Waals surface area (Å²) in [4.78, 5) is 3.99. The molecule has 0 aromatic carbocycles. The molecular weight excluding hydrogens is 256 g/mol. The number of aryl methyl sites for hydroxylation is 1. The van der Waals surface area contributed by atoms with Crippen LogP contribution in [0.2, 0.25) is 0 Å². The summed E-state index contributed by atoms with van der Waals surface area (Å²) in [6.07, 6.45) is 7.70. The lowest BCUT2D eigenvalue weighted by molar-refractivity contribution is 0.520. The summed E-state index contributed by atoms with van der Waals surface area (Å²) in [6.45, 7) is 3.13. The Morgan fingerprint density at radius 1 is 1.20 bits per heavy atom. The van der Waals surface area contributed by atoms with Crippen molar-refractivity contribution >= 4 is 21.9 Å². The lowest BCUT2D eigenvalue weighted by atomic mass is 10.1. The normalized spacial score (nSPS) is 10.8. The van der Waals surface area contributed by atoms with E-state index in [2.05, 4.69) is 32.9 Å². The zero-order valence-corrected chi connectivity index (χ0v) is 10.8. The molecule has 0 bridgehead atoms. The minimum atomic E-state index is 0.341. The first-order valence-corrected chi connectivity index (χ1v) is 6.39. The third-order valence-electron chi connectivity index (χ3n) is 2.37. The Hall–Kier alpha value is -0.580. The highest BCUT2D eigenvalue weighted by molar-refractivity contribution is 9.10. The summed E-state index contributed by atoms with van der Waals surface area (Å²) in [5.41, 5.74) is 5.48. The largest absolute Gasteiger partial charge is 0.366 e. The van der Waals surface area contributed by atoms with Gasteiger partial charge in [0.1, 0.15) is 0 Å². The number of nitrogens with two attached hydrogens (primary N) is 1. The molecule has 0 aliphatic rings. The second-order valence-electron chi connectivity index (χ2n) is 3.73. The Morgan fingerprint density at radius 2 is 1.87 bits per heavy atom. The van der Waals surface area contributed by atoms with E-state index in [1.807, 2.05) is 4.68 Å². The van der Waals surface area contributed by atoms with E-state index in [1.54, 1.807) is 0 Å². The standard InChI is InChI=1S/C10H19BrN4/c1-2-3-4-5-6-7-8-15-9(11)13-10(12)14-15/h2-8H2,1H3,(H2,12,14). The molecule has 0 fully saturated rings. The molecule has 2 N–H and O–H groups in total. The quantitative estimate of drug-likeness (QED) is 0.778. The van der Waals surface area contributed by atoms with Crippen LogP contribution in [0.15, 0.2) is 4.73 Å². The van der Waals surface area contributed by atoms with Gasteiger partial charge in [0.2, 0.25) is 5.95 Å². The highest BCUT2D eigenvalue weighted by atomic mass is 79.9. The Morgan fingerprint density at radius 3 is 2.47 bits per heavy atom. The Kier molecular flexibility index (Phi) is 5.68. The van der Waals surface area contributed by atoms with E-state index in [4.69, 9.17) is 5.73 Å². The van der Waals surface area contributed by atoms with Crippen molar-refractivity contribution in [1.29, 1.82) is 0 Å². The number of hydrogen-bond donors (Lipinski definition) is 1. The molecule has 4 nitrogen and oxygen atoms in total. The summed E-state index contributed by atoms with van der Waals surface area (Å²) in [5.74, 6) is 0.341. The molecule has 1 aromatic rings. The maximum Gasteiger partial charge on any atom is 0.240 e. The first-order chi connectivity index (χ1) is 7.24. The maximum atomic E-state index is 5.48. The van der Waals surface area contributed by atoms with Crippen LogP contribution in [-0.2, 0) is 6.54 Å². The van der Waals surface area contributed by atoms with Crippen LogP contribution in [0, 0.1) is 0 Å². The molecular formula is C10H19BrN4. The predicted octanol–water partition coefficient (Wildman–Crippen LogP) is 2.98. The van der Waals surface area contributed by atoms with E-state index in [-0.39, 0.29) is 0 Å². The van der Waals surface area contributed by atoms with E-state index in [0.29, 0.717) is 5.95 Å². The van der Waals surface area contributed by atoms with Crippen LogP contribution >= 0.6 is 15.9 Å². The molecule has 1 aromatic heterocycles. The van der Waals surface area contributed by atoms with Crippen LogP contribution in [0.5, 0.6) is 0 Å². The van der Waals surface area contributed by atoms with Gasteiger partial charge in [0.25, 0.3) is 0 Å². The Bertz CT molecular complexity index is 285. The smallest absolute Gasteiger partial charge is 0.240 e. The molecule has 0 aliphatic carbocycles. The molecule has 0 atom stereocenters. The van der Waals surface area contributed by atoms with Crippen LogP contribution in [0.1, 0.15) is 45.4 Å². The zero-order chi connectivity index (χ0) is 11.1. The van der Waals surface area contributed by atoms with Crippen LogP contribution in [-0.4, -0.2) is 14.8 Å². The fourth-order valence-corrected chi connectivity index (χ4v) is 1.96. The summed E-state index contributed by atoms with van der Waals surface area (Å²) in [6, 6.07) is 0. The van der Waals surface area contributed by atoms with Crippen LogP contribution < -0.4 is 5.73 Å². The summed E-state index contributed by atoms with van der Waals surface area (Å²) >= 11 is 3.32. The molecule has 0 saturated carbocycles. The molecule has 15 heavy (non-hydrogen) atoms. The third-order valence-corrected chi connectivity index (χ3v) is 2.95. The van der Waals surface area contributed by atoms with E-state index in [9.17, 15) is 0 Å². The second-order valence-corrected chi connectivity index (χ2v) is 4.44. The molecule has 5 heteroatoms. The lowest BCUT2D eigenvalue weighted by Gasteiger charge is -2.01. The van der Waals surface area contributed by atoms with Crippen molar-refractivity contribution in [2.45, 2.75) is 52.0 Å². The first kappa shape index (κ1) is 12.5. The second kappa shape index (κ2) is 6.82. The minimum absolute atomic E-state index is 0.341. The van der Waals surface area contributed by atoms with E-state index >= 15 is 0 Å². The van der Waals surface area contributed by atoms with Crippen LogP contribution in [0.4, 0.5) is 5.95 Å². The number of rotatable bonds is 7. The van der Waals surface area contributed by atoms with Crippen molar-refractivity contribution in [1.82, 2.24) is 14.8 Å². The van der Waals surface area contributed by atoms with Crippen LogP contribution in [0.25, 0.3) is 0 Å². The predicted molar refractivity (Wildman–Crippen MR) is 65.5 cm³/mol. The molecule has 1 heterocycles. The summed E-state index contributed by atoms with van der Waals surface area (Å²) < 4.78 is 2.54. The number of halogens is 1. The number of nitrogens with zero attached hydrogens (tertiary/aromatic N) is 3. The van der Waals surface area contributed by atoms with Gasteiger partial charge in [0.15, 0.2) is 4.73 Å². The van der Waals surface area contributed by atoms with Gasteiger partial charge in [0.05, 0.1) is 0 Å². The van der Waals surface area contributed by atoms with Gasteiger partial charge >= 0.3 is 0 Å². The Labute approximate surface area is 99.4 Å². The van der Waals surface area contributed by atoms with Gasteiger partial charge in [-0.05, 0) is 22.4 Å². The number of nitrogen functional groups attached to an aromatic ring is 1. The fraction of sp³-hybridized carbons (Fsp3) is 0.800. The fourth-order valence-electron chi connectivity index (χ4n) is 1.52. The van der Waals surface area contributed by atoms with E-state index in [1.165, 1.54) is 32.1 Å². The monoisotopic (exact) mass is 274 g/mol. The third kappa shape index (κ3) is 4.64. The van der Waals surface area contributed by atoms with Gasteiger partial charge in [-0.15, -0.1) is 5.10 Å². The summed E-state index contributed by atoms with van der Waals surface area (Å²) in [7, 11) is 0. The van der Waals surface area contributed by atoms with E-state index < -0.39 is 0 Å². The van der Waals surface area contributed by atoms with Crippen LogP contribution in [0.3, 0.4) is 0 Å². The van der Waals surface area contributed by atoms with Crippen molar-refractivity contribution in [3.63, 3.8) is 0 Å². The number of anilines is 1. The van der Waals surface area contributed by atoms with Crippen molar-refractivity contribution in [3.05, 3.63) is 4.73 Å². The maximum absolute atomic E-state index is 5.48. The average molecular weight is 275 g/mol. The topological polar surface area (TPSA) is 56.7 Å². The van der Waals surface area contributed by atoms with Crippen molar-refractivity contribution in [2.75, 3.05) is 5.73 Å². The van der Waals surface area contributed by atoms with Gasteiger partial charge in [-0.1, -0.05) is 39.0 Å². The van der Waals surface area contributed by atoms with Gasteiger partial charge in [-0.3, -0.25) is 0 Å². The van der Waals surface area contributed by atoms with Crippen molar-refractivity contribution in [3.8, 4) is 0 Å². The van der Waals surface area contributed by atoms with E-state index in [0.717, 1.165) is 17.7 Å². The molecule has 86 valence electrons. The highest BCUT2D eigenvalue weighted by Gasteiger charge is 2.03. The molecule has 0 unspecified atom stereocenters. The number of unbranched alkanes of at least 4 members (excludes halogenated alkanes) is 5. The molecule has 0 amide bonds. The van der Waals surface area contributed by atoms with Gasteiger partial charge < -0.3 is 5.73 Å². The van der Waals surface area contributed by atoms with Crippen molar-refractivity contribution in [2.24, 2.45) is 0 Å². The van der Waals surface area contributed by atoms with Crippen molar-refractivity contribution < 1.29 is 0 Å². The molecule has 0 radical (unpaired) electrons. The van der Waals surface area contributed by atoms with Gasteiger partial charge in [0, 0.05) is 6.54 Å². The lowest BCUT2D eigenvalue weighted by Crippen LogP contribution is -2.01. The Balaban J connectivity index is 2.12. The number of hydrogen-bond acceptors (Lipinski definition) is 3. The molecule has 0 saturated heterocycles. The van der Waals surface area contributed by atoms with Gasteiger partial charge in [-0.2, -0.15) is 4.98 Å². The first-order valence-electron chi connectivity index (χ1n) is 5.60. The molecule has 0 aliphatic heterocycles. The molecule has 0 spiro atoms. The highest BCUT2D eigenvalue weighted by Crippen LogP contribution is 2.11. The number of aromatic nitrogens is 3. The minimum Gasteiger partial charge on any atom is -0.366 e. The SMILES string of the molecule is CCCCCCCCn1nc(N)nc1Br.